The molecule has 1 saturated heterocycles. The summed E-state index contributed by atoms with van der Waals surface area (Å²) in [6, 6.07) is 0. The predicted octanol–water partition coefficient (Wildman–Crippen LogP) is -0.206. The van der Waals surface area contributed by atoms with Crippen molar-refractivity contribution >= 4 is 23.3 Å². The lowest BCUT2D eigenvalue weighted by atomic mass is 9.99. The average Bonchev–Trinajstić information content (AvgIpc) is 2.81. The van der Waals surface area contributed by atoms with Crippen LogP contribution >= 0.6 is 11.5 Å². The molecule has 1 unspecified atom stereocenters. The summed E-state index contributed by atoms with van der Waals surface area (Å²) in [6.45, 7) is 1.22. The van der Waals surface area contributed by atoms with Gasteiger partial charge in [-0.05, 0) is 23.9 Å². The molecular weight excluding hydrogens is 228 g/mol. The molecule has 2 rings (SSSR count). The van der Waals surface area contributed by atoms with Crippen LogP contribution in [0.1, 0.15) is 22.5 Å². The molecule has 2 heterocycles. The molecule has 0 aliphatic carbocycles. The Balaban J connectivity index is 1.75. The molecule has 1 aliphatic rings. The lowest BCUT2D eigenvalue weighted by Gasteiger charge is -2.22. The van der Waals surface area contributed by atoms with Gasteiger partial charge in [0, 0.05) is 19.5 Å². The number of hydrogen-bond donors (Lipinski definition) is 2. The van der Waals surface area contributed by atoms with Crippen LogP contribution in [0.5, 0.6) is 0 Å². The molecule has 0 bridgehead atoms. The number of piperidine rings is 1. The summed E-state index contributed by atoms with van der Waals surface area (Å²) < 4.78 is 3.62. The molecular formula is C9H12N4O2S. The van der Waals surface area contributed by atoms with Gasteiger partial charge in [0.1, 0.15) is 4.88 Å². The quantitative estimate of drug-likeness (QED) is 0.766. The van der Waals surface area contributed by atoms with Gasteiger partial charge < -0.3 is 10.6 Å². The summed E-state index contributed by atoms with van der Waals surface area (Å²) in [4.78, 5) is 23.0. The van der Waals surface area contributed by atoms with Crippen molar-refractivity contribution in [1.82, 2.24) is 20.2 Å². The van der Waals surface area contributed by atoms with E-state index in [0.29, 0.717) is 30.3 Å². The highest BCUT2D eigenvalue weighted by Crippen LogP contribution is 2.10. The number of amides is 2. The minimum atomic E-state index is -0.146. The second-order valence-electron chi connectivity index (χ2n) is 3.70. The zero-order chi connectivity index (χ0) is 11.4. The molecule has 1 atom stereocenters. The van der Waals surface area contributed by atoms with E-state index < -0.39 is 0 Å². The first kappa shape index (κ1) is 11.0. The Morgan fingerprint density at radius 1 is 1.69 bits per heavy atom. The highest BCUT2D eigenvalue weighted by atomic mass is 32.1. The molecule has 0 aromatic carbocycles. The molecule has 16 heavy (non-hydrogen) atoms. The number of rotatable bonds is 3. The van der Waals surface area contributed by atoms with Gasteiger partial charge in [-0.1, -0.05) is 4.49 Å². The van der Waals surface area contributed by atoms with Crippen molar-refractivity contribution in [3.8, 4) is 0 Å². The second kappa shape index (κ2) is 5.02. The maximum Gasteiger partial charge on any atom is 0.264 e. The van der Waals surface area contributed by atoms with Crippen molar-refractivity contribution in [3.05, 3.63) is 11.1 Å². The van der Waals surface area contributed by atoms with Crippen LogP contribution in [0, 0.1) is 5.92 Å². The SMILES string of the molecule is O=C1CCC(CNC(=O)c2cnns2)CN1. The van der Waals surface area contributed by atoms with E-state index in [1.54, 1.807) is 0 Å². The Labute approximate surface area is 96.6 Å². The Bertz CT molecular complexity index is 369. The fourth-order valence-corrected chi connectivity index (χ4v) is 1.98. The van der Waals surface area contributed by atoms with E-state index in [9.17, 15) is 9.59 Å². The highest BCUT2D eigenvalue weighted by molar-refractivity contribution is 7.07. The number of carbonyl (C=O) groups is 2. The minimum absolute atomic E-state index is 0.0919. The molecule has 7 heteroatoms. The summed E-state index contributed by atoms with van der Waals surface area (Å²) in [5.41, 5.74) is 0. The summed E-state index contributed by atoms with van der Waals surface area (Å²) in [6.07, 6.45) is 2.82. The maximum absolute atomic E-state index is 11.5. The van der Waals surface area contributed by atoms with Crippen LogP contribution in [-0.2, 0) is 4.79 Å². The third-order valence-corrected chi connectivity index (χ3v) is 3.17. The van der Waals surface area contributed by atoms with Crippen molar-refractivity contribution in [2.45, 2.75) is 12.8 Å². The van der Waals surface area contributed by atoms with Crippen molar-refractivity contribution in [3.63, 3.8) is 0 Å². The van der Waals surface area contributed by atoms with E-state index in [1.165, 1.54) is 6.20 Å². The van der Waals surface area contributed by atoms with Crippen LogP contribution in [0.15, 0.2) is 6.20 Å². The van der Waals surface area contributed by atoms with Gasteiger partial charge in [0.05, 0.1) is 6.20 Å². The first-order valence-corrected chi connectivity index (χ1v) is 5.85. The van der Waals surface area contributed by atoms with Crippen LogP contribution in [0.25, 0.3) is 0 Å². The molecule has 1 aromatic heterocycles. The van der Waals surface area contributed by atoms with Crippen molar-refractivity contribution in [1.29, 1.82) is 0 Å². The fourth-order valence-electron chi connectivity index (χ4n) is 1.55. The minimum Gasteiger partial charge on any atom is -0.356 e. The average molecular weight is 240 g/mol. The smallest absolute Gasteiger partial charge is 0.264 e. The Morgan fingerprint density at radius 2 is 2.56 bits per heavy atom. The molecule has 86 valence electrons. The second-order valence-corrected chi connectivity index (χ2v) is 4.49. The lowest BCUT2D eigenvalue weighted by Crippen LogP contribution is -2.40. The van der Waals surface area contributed by atoms with E-state index in [4.69, 9.17) is 0 Å². The number of nitrogens with one attached hydrogen (secondary N) is 2. The molecule has 2 amide bonds. The Kier molecular flexibility index (Phi) is 3.45. The molecule has 0 radical (unpaired) electrons. The van der Waals surface area contributed by atoms with Gasteiger partial charge in [0.15, 0.2) is 0 Å². The normalized spacial score (nSPS) is 20.2. The zero-order valence-corrected chi connectivity index (χ0v) is 9.42. The van der Waals surface area contributed by atoms with Crippen molar-refractivity contribution in [2.75, 3.05) is 13.1 Å². The van der Waals surface area contributed by atoms with Gasteiger partial charge >= 0.3 is 0 Å². The van der Waals surface area contributed by atoms with Gasteiger partial charge in [-0.25, -0.2) is 0 Å². The number of carbonyl (C=O) groups excluding carboxylic acids is 2. The van der Waals surface area contributed by atoms with Gasteiger partial charge in [-0.3, -0.25) is 9.59 Å². The molecule has 2 N–H and O–H groups in total. The maximum atomic E-state index is 11.5. The summed E-state index contributed by atoms with van der Waals surface area (Å²) in [7, 11) is 0. The molecule has 0 saturated carbocycles. The van der Waals surface area contributed by atoms with E-state index in [0.717, 1.165) is 18.0 Å². The number of hydrogen-bond acceptors (Lipinski definition) is 5. The van der Waals surface area contributed by atoms with Gasteiger partial charge in [0.25, 0.3) is 5.91 Å². The molecule has 1 aromatic rings. The van der Waals surface area contributed by atoms with Crippen LogP contribution in [-0.4, -0.2) is 34.5 Å². The molecule has 1 fully saturated rings. The van der Waals surface area contributed by atoms with E-state index >= 15 is 0 Å². The molecule has 0 spiro atoms. The number of nitrogens with zero attached hydrogens (tertiary/aromatic N) is 2. The fraction of sp³-hybridized carbons (Fsp3) is 0.556. The third-order valence-electron chi connectivity index (χ3n) is 2.50. The van der Waals surface area contributed by atoms with Gasteiger partial charge in [-0.15, -0.1) is 5.10 Å². The zero-order valence-electron chi connectivity index (χ0n) is 8.60. The standard InChI is InChI=1S/C9H12N4O2S/c14-8-2-1-6(3-10-8)4-11-9(15)7-5-12-13-16-7/h5-6H,1-4H2,(H,10,14)(H,11,15). The van der Waals surface area contributed by atoms with Crippen molar-refractivity contribution < 1.29 is 9.59 Å². The van der Waals surface area contributed by atoms with Gasteiger partial charge in [0.2, 0.25) is 5.91 Å². The predicted molar refractivity (Wildman–Crippen MR) is 58.0 cm³/mol. The summed E-state index contributed by atoms with van der Waals surface area (Å²) >= 11 is 1.08. The van der Waals surface area contributed by atoms with Crippen LogP contribution in [0.2, 0.25) is 0 Å². The van der Waals surface area contributed by atoms with E-state index in [1.807, 2.05) is 0 Å². The Hall–Kier alpha value is -1.50. The van der Waals surface area contributed by atoms with Crippen LogP contribution < -0.4 is 10.6 Å². The van der Waals surface area contributed by atoms with Gasteiger partial charge in [-0.2, -0.15) is 0 Å². The van der Waals surface area contributed by atoms with Crippen molar-refractivity contribution in [2.24, 2.45) is 5.92 Å². The first-order chi connectivity index (χ1) is 7.75. The molecule has 1 aliphatic heterocycles. The Morgan fingerprint density at radius 3 is 3.19 bits per heavy atom. The summed E-state index contributed by atoms with van der Waals surface area (Å²) in [5.74, 6) is 0.267. The third kappa shape index (κ3) is 2.75. The monoisotopic (exact) mass is 240 g/mol. The van der Waals surface area contributed by atoms with E-state index in [-0.39, 0.29) is 11.8 Å². The lowest BCUT2D eigenvalue weighted by molar-refractivity contribution is -0.122. The van der Waals surface area contributed by atoms with Crippen LogP contribution in [0.4, 0.5) is 0 Å². The highest BCUT2D eigenvalue weighted by Gasteiger charge is 2.19. The topological polar surface area (TPSA) is 84.0 Å². The largest absolute Gasteiger partial charge is 0.356 e. The molecule has 6 nitrogen and oxygen atoms in total. The number of aromatic nitrogens is 2. The van der Waals surface area contributed by atoms with Crippen LogP contribution in [0.3, 0.4) is 0 Å². The van der Waals surface area contributed by atoms with E-state index in [2.05, 4.69) is 20.2 Å². The first-order valence-electron chi connectivity index (χ1n) is 5.08. The summed E-state index contributed by atoms with van der Waals surface area (Å²) in [5, 5.41) is 9.19.